The second kappa shape index (κ2) is 16.7. The van der Waals surface area contributed by atoms with Crippen LogP contribution in [-0.4, -0.2) is 87.9 Å². The molecule has 2 rings (SSSR count). The number of ether oxygens (including phenoxy) is 1. The van der Waals surface area contributed by atoms with Crippen LogP contribution < -0.4 is 10.6 Å². The average molecular weight is 510 g/mol. The van der Waals surface area contributed by atoms with Crippen molar-refractivity contribution in [1.82, 2.24) is 20.4 Å². The summed E-state index contributed by atoms with van der Waals surface area (Å²) < 4.78 is 5.98. The van der Waals surface area contributed by atoms with Crippen molar-refractivity contribution in [2.75, 3.05) is 66.0 Å². The second-order valence-corrected chi connectivity index (χ2v) is 8.02. The van der Waals surface area contributed by atoms with E-state index in [-0.39, 0.29) is 24.0 Å². The zero-order valence-electron chi connectivity index (χ0n) is 18.3. The van der Waals surface area contributed by atoms with Crippen LogP contribution in [0.15, 0.2) is 4.99 Å². The molecule has 6 nitrogen and oxygen atoms in total. The minimum atomic E-state index is 0. The number of likely N-dealkylation sites (N-methyl/N-ethyl adjacent to an activating group) is 1. The fourth-order valence-electron chi connectivity index (χ4n) is 3.82. The number of nitrogens with one attached hydrogen (secondary N) is 2. The molecule has 2 fully saturated rings. The lowest BCUT2D eigenvalue weighted by molar-refractivity contribution is 0.0281. The molecule has 0 aromatic carbocycles. The fraction of sp³-hybridized carbons (Fsp3) is 0.952. The number of aliphatic imine (C=N–C) groups is 1. The number of halogens is 1. The van der Waals surface area contributed by atoms with Gasteiger partial charge in [0.1, 0.15) is 0 Å². The summed E-state index contributed by atoms with van der Waals surface area (Å²) in [6.45, 7) is 11.8. The Kier molecular flexibility index (Phi) is 15.4. The quantitative estimate of drug-likeness (QED) is 0.194. The van der Waals surface area contributed by atoms with Gasteiger partial charge in [0.2, 0.25) is 0 Å². The fourth-order valence-corrected chi connectivity index (χ4v) is 3.82. The molecule has 0 spiro atoms. The van der Waals surface area contributed by atoms with Gasteiger partial charge in [-0.05, 0) is 52.6 Å². The summed E-state index contributed by atoms with van der Waals surface area (Å²) >= 11 is 0. The van der Waals surface area contributed by atoms with Gasteiger partial charge in [0, 0.05) is 52.4 Å². The number of piperazine rings is 1. The summed E-state index contributed by atoms with van der Waals surface area (Å²) in [5.74, 6) is 0.953. The molecule has 166 valence electrons. The molecule has 0 radical (unpaired) electrons. The van der Waals surface area contributed by atoms with Crippen LogP contribution in [-0.2, 0) is 4.74 Å². The van der Waals surface area contributed by atoms with Crippen LogP contribution in [0.25, 0.3) is 0 Å². The molecule has 0 amide bonds. The van der Waals surface area contributed by atoms with E-state index in [9.17, 15) is 0 Å². The van der Waals surface area contributed by atoms with Crippen molar-refractivity contribution in [1.29, 1.82) is 0 Å². The zero-order chi connectivity index (χ0) is 19.2. The molecular weight excluding hydrogens is 465 g/mol. The second-order valence-electron chi connectivity index (χ2n) is 8.02. The van der Waals surface area contributed by atoms with Crippen LogP contribution in [0.5, 0.6) is 0 Å². The monoisotopic (exact) mass is 509 g/mol. The summed E-state index contributed by atoms with van der Waals surface area (Å²) in [6, 6.07) is 0. The molecule has 7 heteroatoms. The first-order chi connectivity index (χ1) is 13.3. The van der Waals surface area contributed by atoms with E-state index in [1.807, 2.05) is 0 Å². The highest BCUT2D eigenvalue weighted by molar-refractivity contribution is 14.0. The van der Waals surface area contributed by atoms with Crippen molar-refractivity contribution >= 4 is 29.9 Å². The summed E-state index contributed by atoms with van der Waals surface area (Å²) in [4.78, 5) is 9.69. The highest BCUT2D eigenvalue weighted by atomic mass is 127. The van der Waals surface area contributed by atoms with Crippen LogP contribution in [0.3, 0.4) is 0 Å². The Hall–Kier alpha value is -0.120. The topological polar surface area (TPSA) is 52.1 Å². The lowest BCUT2D eigenvalue weighted by Gasteiger charge is -2.32. The van der Waals surface area contributed by atoms with E-state index in [4.69, 9.17) is 9.73 Å². The summed E-state index contributed by atoms with van der Waals surface area (Å²) in [6.07, 6.45) is 10.5. The molecule has 0 atom stereocenters. The van der Waals surface area contributed by atoms with Crippen LogP contribution >= 0.6 is 24.0 Å². The Morgan fingerprint density at radius 1 is 1.00 bits per heavy atom. The van der Waals surface area contributed by atoms with Gasteiger partial charge in [-0.3, -0.25) is 4.99 Å². The van der Waals surface area contributed by atoms with E-state index in [2.05, 4.69) is 34.4 Å². The number of hydrogen-bond donors (Lipinski definition) is 2. The number of unbranched alkanes of at least 4 members (excludes halogenated alkanes) is 1. The molecule has 0 unspecified atom stereocenters. The predicted octanol–water partition coefficient (Wildman–Crippen LogP) is 2.93. The van der Waals surface area contributed by atoms with E-state index in [1.54, 1.807) is 0 Å². The lowest BCUT2D eigenvalue weighted by Crippen LogP contribution is -2.44. The Bertz CT molecular complexity index is 396. The van der Waals surface area contributed by atoms with Crippen molar-refractivity contribution in [2.45, 2.75) is 64.4 Å². The third-order valence-corrected chi connectivity index (χ3v) is 5.61. The number of guanidine groups is 1. The van der Waals surface area contributed by atoms with Crippen LogP contribution in [0.4, 0.5) is 0 Å². The van der Waals surface area contributed by atoms with E-state index in [0.717, 1.165) is 38.6 Å². The Balaban J connectivity index is 0.00000392. The third-order valence-electron chi connectivity index (χ3n) is 5.61. The number of hydrogen-bond acceptors (Lipinski definition) is 4. The van der Waals surface area contributed by atoms with Crippen molar-refractivity contribution < 1.29 is 4.74 Å². The van der Waals surface area contributed by atoms with Crippen LogP contribution in [0.2, 0.25) is 0 Å². The first-order valence-corrected chi connectivity index (χ1v) is 11.3. The maximum atomic E-state index is 5.98. The van der Waals surface area contributed by atoms with E-state index in [0.29, 0.717) is 6.10 Å². The molecule has 2 N–H and O–H groups in total. The maximum absolute atomic E-state index is 5.98. The highest BCUT2D eigenvalue weighted by Crippen LogP contribution is 2.20. The summed E-state index contributed by atoms with van der Waals surface area (Å²) in [5.41, 5.74) is 0. The van der Waals surface area contributed by atoms with Gasteiger partial charge >= 0.3 is 0 Å². The van der Waals surface area contributed by atoms with E-state index in [1.165, 1.54) is 77.7 Å². The van der Waals surface area contributed by atoms with Gasteiger partial charge in [-0.15, -0.1) is 24.0 Å². The van der Waals surface area contributed by atoms with Crippen molar-refractivity contribution in [3.05, 3.63) is 0 Å². The Morgan fingerprint density at radius 2 is 1.75 bits per heavy atom. The predicted molar refractivity (Wildman–Crippen MR) is 130 cm³/mol. The molecule has 2 aliphatic rings. The van der Waals surface area contributed by atoms with Gasteiger partial charge < -0.3 is 25.2 Å². The average Bonchev–Trinajstić information content (AvgIpc) is 2.69. The Morgan fingerprint density at radius 3 is 2.46 bits per heavy atom. The molecule has 1 aliphatic heterocycles. The molecule has 0 aromatic heterocycles. The number of nitrogens with zero attached hydrogens (tertiary/aromatic N) is 3. The molecule has 1 heterocycles. The van der Waals surface area contributed by atoms with Gasteiger partial charge in [-0.2, -0.15) is 0 Å². The van der Waals surface area contributed by atoms with Gasteiger partial charge in [0.25, 0.3) is 0 Å². The molecule has 0 aromatic rings. The normalized spacial score (nSPS) is 20.0. The SMILES string of the molecule is CCNC(=NCCCOC1CCCCC1)NCCCCN1CCN(C)CC1.I. The molecule has 1 saturated heterocycles. The summed E-state index contributed by atoms with van der Waals surface area (Å²) in [5, 5.41) is 6.83. The zero-order valence-corrected chi connectivity index (χ0v) is 20.6. The largest absolute Gasteiger partial charge is 0.378 e. The third kappa shape index (κ3) is 11.8. The molecular formula is C21H44IN5O. The number of rotatable bonds is 11. The van der Waals surface area contributed by atoms with Crippen LogP contribution in [0, 0.1) is 0 Å². The van der Waals surface area contributed by atoms with Crippen molar-refractivity contribution in [3.63, 3.8) is 0 Å². The Labute approximate surface area is 190 Å². The van der Waals surface area contributed by atoms with Gasteiger partial charge in [-0.1, -0.05) is 19.3 Å². The standard InChI is InChI=1S/C21H43N5O.HI/c1-3-22-21(24-13-9-19-27-20-10-5-4-6-11-20)23-12-7-8-14-26-17-15-25(2)16-18-26;/h20H,3-19H2,1-2H3,(H2,22,23,24);1H. The van der Waals surface area contributed by atoms with Crippen molar-refractivity contribution in [3.8, 4) is 0 Å². The first kappa shape index (κ1) is 25.9. The molecule has 1 aliphatic carbocycles. The van der Waals surface area contributed by atoms with Gasteiger partial charge in [0.15, 0.2) is 5.96 Å². The van der Waals surface area contributed by atoms with Gasteiger partial charge in [0.05, 0.1) is 6.10 Å². The maximum Gasteiger partial charge on any atom is 0.191 e. The highest BCUT2D eigenvalue weighted by Gasteiger charge is 2.13. The smallest absolute Gasteiger partial charge is 0.191 e. The van der Waals surface area contributed by atoms with Gasteiger partial charge in [-0.25, -0.2) is 0 Å². The van der Waals surface area contributed by atoms with E-state index >= 15 is 0 Å². The summed E-state index contributed by atoms with van der Waals surface area (Å²) in [7, 11) is 2.21. The molecule has 0 bridgehead atoms. The lowest BCUT2D eigenvalue weighted by atomic mass is 9.98. The molecule has 28 heavy (non-hydrogen) atoms. The van der Waals surface area contributed by atoms with E-state index < -0.39 is 0 Å². The van der Waals surface area contributed by atoms with Crippen LogP contribution in [0.1, 0.15) is 58.3 Å². The first-order valence-electron chi connectivity index (χ1n) is 11.3. The van der Waals surface area contributed by atoms with Crippen molar-refractivity contribution in [2.24, 2.45) is 4.99 Å². The minimum Gasteiger partial charge on any atom is -0.378 e. The molecule has 1 saturated carbocycles. The minimum absolute atomic E-state index is 0.